The van der Waals surface area contributed by atoms with E-state index in [0.717, 1.165) is 42.5 Å². The van der Waals surface area contributed by atoms with Crippen LogP contribution in [0, 0.1) is 12.8 Å². The van der Waals surface area contributed by atoms with Crippen LogP contribution in [0.5, 0.6) is 0 Å². The Morgan fingerprint density at radius 3 is 2.74 bits per heavy atom. The number of hydrogen-bond donors (Lipinski definition) is 0. The zero-order valence-corrected chi connectivity index (χ0v) is 12.0. The summed E-state index contributed by atoms with van der Waals surface area (Å²) in [5.74, 6) is 1.10. The van der Waals surface area contributed by atoms with Gasteiger partial charge in [-0.15, -0.1) is 0 Å². The second-order valence-electron chi connectivity index (χ2n) is 5.07. The number of aryl methyl sites for hydroxylation is 1. The van der Waals surface area contributed by atoms with Crippen molar-refractivity contribution in [3.63, 3.8) is 0 Å². The van der Waals surface area contributed by atoms with Crippen molar-refractivity contribution in [2.45, 2.75) is 46.5 Å². The molecule has 0 aliphatic carbocycles. The Bertz CT molecular complexity index is 571. The van der Waals surface area contributed by atoms with Crippen LogP contribution >= 0.6 is 0 Å². The van der Waals surface area contributed by atoms with Crippen LogP contribution < -0.4 is 0 Å². The van der Waals surface area contributed by atoms with Gasteiger partial charge in [-0.3, -0.25) is 9.36 Å². The molecule has 1 aromatic heterocycles. The smallest absolute Gasteiger partial charge is 0.235 e. The SMILES string of the molecule is CCCCC(CC)C(=O)n1c(C)nc2ccccc21. The number of aromatic nitrogens is 2. The zero-order valence-electron chi connectivity index (χ0n) is 12.0. The largest absolute Gasteiger partial charge is 0.274 e. The van der Waals surface area contributed by atoms with Gasteiger partial charge in [-0.2, -0.15) is 0 Å². The van der Waals surface area contributed by atoms with Crippen molar-refractivity contribution in [1.82, 2.24) is 9.55 Å². The molecule has 0 radical (unpaired) electrons. The summed E-state index contributed by atoms with van der Waals surface area (Å²) < 4.78 is 1.79. The van der Waals surface area contributed by atoms with Gasteiger partial charge in [-0.25, -0.2) is 4.98 Å². The summed E-state index contributed by atoms with van der Waals surface area (Å²) in [7, 11) is 0. The molecule has 3 nitrogen and oxygen atoms in total. The number of fused-ring (bicyclic) bond motifs is 1. The molecule has 0 aliphatic heterocycles. The van der Waals surface area contributed by atoms with E-state index in [1.54, 1.807) is 4.57 Å². The van der Waals surface area contributed by atoms with Gasteiger partial charge in [-0.1, -0.05) is 38.8 Å². The van der Waals surface area contributed by atoms with Crippen LogP contribution in [0.2, 0.25) is 0 Å². The van der Waals surface area contributed by atoms with Crippen LogP contribution in [-0.2, 0) is 0 Å². The molecule has 1 aromatic carbocycles. The molecule has 2 rings (SSSR count). The number of hydrogen-bond acceptors (Lipinski definition) is 2. The molecule has 0 spiro atoms. The van der Waals surface area contributed by atoms with Crippen molar-refractivity contribution >= 4 is 16.9 Å². The number of para-hydroxylation sites is 2. The van der Waals surface area contributed by atoms with E-state index in [1.807, 2.05) is 31.2 Å². The zero-order chi connectivity index (χ0) is 13.8. The molecular formula is C16H22N2O. The molecule has 0 fully saturated rings. The average molecular weight is 258 g/mol. The summed E-state index contributed by atoms with van der Waals surface area (Å²) in [5.41, 5.74) is 1.83. The first-order chi connectivity index (χ1) is 9.19. The fourth-order valence-corrected chi connectivity index (χ4v) is 2.56. The number of nitrogens with zero attached hydrogens (tertiary/aromatic N) is 2. The molecular weight excluding hydrogens is 236 g/mol. The number of imidazole rings is 1. The number of carbonyl (C=O) groups is 1. The lowest BCUT2D eigenvalue weighted by Gasteiger charge is -2.15. The summed E-state index contributed by atoms with van der Waals surface area (Å²) in [6, 6.07) is 7.84. The topological polar surface area (TPSA) is 34.9 Å². The first-order valence-corrected chi connectivity index (χ1v) is 7.17. The monoisotopic (exact) mass is 258 g/mol. The summed E-state index contributed by atoms with van der Waals surface area (Å²) >= 11 is 0. The van der Waals surface area contributed by atoms with Gasteiger partial charge in [0.2, 0.25) is 5.91 Å². The average Bonchev–Trinajstić information content (AvgIpc) is 2.75. The van der Waals surface area contributed by atoms with Gasteiger partial charge in [0.15, 0.2) is 0 Å². The van der Waals surface area contributed by atoms with Crippen LogP contribution in [0.15, 0.2) is 24.3 Å². The lowest BCUT2D eigenvalue weighted by molar-refractivity contribution is 0.0824. The molecule has 0 saturated heterocycles. The summed E-state index contributed by atoms with van der Waals surface area (Å²) in [6.07, 6.45) is 4.10. The van der Waals surface area contributed by atoms with E-state index in [4.69, 9.17) is 0 Å². The first kappa shape index (κ1) is 13.8. The highest BCUT2D eigenvalue weighted by Crippen LogP contribution is 2.21. The summed E-state index contributed by atoms with van der Waals surface area (Å²) in [6.45, 7) is 6.16. The fraction of sp³-hybridized carbons (Fsp3) is 0.500. The van der Waals surface area contributed by atoms with E-state index >= 15 is 0 Å². The molecule has 0 amide bonds. The minimum absolute atomic E-state index is 0.108. The van der Waals surface area contributed by atoms with E-state index in [0.29, 0.717) is 0 Å². The Balaban J connectivity index is 2.37. The van der Waals surface area contributed by atoms with Crippen LogP contribution in [0.3, 0.4) is 0 Å². The Labute approximate surface area is 114 Å². The van der Waals surface area contributed by atoms with Crippen LogP contribution in [0.1, 0.15) is 50.1 Å². The predicted molar refractivity (Wildman–Crippen MR) is 78.4 cm³/mol. The number of carbonyl (C=O) groups excluding carboxylic acids is 1. The fourth-order valence-electron chi connectivity index (χ4n) is 2.56. The molecule has 2 aromatic rings. The van der Waals surface area contributed by atoms with Crippen LogP contribution in [-0.4, -0.2) is 15.5 Å². The highest BCUT2D eigenvalue weighted by molar-refractivity contribution is 5.92. The van der Waals surface area contributed by atoms with Gasteiger partial charge in [0, 0.05) is 5.92 Å². The Morgan fingerprint density at radius 1 is 1.32 bits per heavy atom. The lowest BCUT2D eigenvalue weighted by Crippen LogP contribution is -2.22. The molecule has 0 saturated carbocycles. The van der Waals surface area contributed by atoms with E-state index in [-0.39, 0.29) is 11.8 Å². The van der Waals surface area contributed by atoms with Crippen molar-refractivity contribution < 1.29 is 4.79 Å². The maximum Gasteiger partial charge on any atom is 0.235 e. The third kappa shape index (κ3) is 2.70. The van der Waals surface area contributed by atoms with Crippen molar-refractivity contribution in [2.75, 3.05) is 0 Å². The van der Waals surface area contributed by atoms with Crippen molar-refractivity contribution in [1.29, 1.82) is 0 Å². The van der Waals surface area contributed by atoms with Gasteiger partial charge < -0.3 is 0 Å². The highest BCUT2D eigenvalue weighted by atomic mass is 16.2. The minimum Gasteiger partial charge on any atom is -0.274 e. The standard InChI is InChI=1S/C16H22N2O/c1-4-6-9-13(5-2)16(19)18-12(3)17-14-10-7-8-11-15(14)18/h7-8,10-11,13H,4-6,9H2,1-3H3. The normalized spacial score (nSPS) is 12.8. The molecule has 1 unspecified atom stereocenters. The maximum absolute atomic E-state index is 12.7. The van der Waals surface area contributed by atoms with Gasteiger partial charge >= 0.3 is 0 Å². The molecule has 0 bridgehead atoms. The summed E-state index contributed by atoms with van der Waals surface area (Å²) in [4.78, 5) is 17.2. The highest BCUT2D eigenvalue weighted by Gasteiger charge is 2.21. The second-order valence-corrected chi connectivity index (χ2v) is 5.07. The van der Waals surface area contributed by atoms with Gasteiger partial charge in [-0.05, 0) is 31.9 Å². The quantitative estimate of drug-likeness (QED) is 0.805. The number of unbranched alkanes of at least 4 members (excludes halogenated alkanes) is 1. The van der Waals surface area contributed by atoms with E-state index in [1.165, 1.54) is 0 Å². The van der Waals surface area contributed by atoms with E-state index in [9.17, 15) is 4.79 Å². The number of rotatable bonds is 5. The second kappa shape index (κ2) is 6.00. The maximum atomic E-state index is 12.7. The van der Waals surface area contributed by atoms with Gasteiger partial charge in [0.1, 0.15) is 5.82 Å². The Morgan fingerprint density at radius 2 is 2.05 bits per heavy atom. The first-order valence-electron chi connectivity index (χ1n) is 7.17. The number of benzene rings is 1. The van der Waals surface area contributed by atoms with Crippen molar-refractivity contribution in [3.8, 4) is 0 Å². The molecule has 19 heavy (non-hydrogen) atoms. The van der Waals surface area contributed by atoms with Crippen LogP contribution in [0.4, 0.5) is 0 Å². The van der Waals surface area contributed by atoms with Gasteiger partial charge in [0.05, 0.1) is 11.0 Å². The van der Waals surface area contributed by atoms with Gasteiger partial charge in [0.25, 0.3) is 0 Å². The molecule has 0 N–H and O–H groups in total. The van der Waals surface area contributed by atoms with E-state index < -0.39 is 0 Å². The third-order valence-electron chi connectivity index (χ3n) is 3.70. The Hall–Kier alpha value is -1.64. The predicted octanol–water partition coefficient (Wildman–Crippen LogP) is 4.20. The summed E-state index contributed by atoms with van der Waals surface area (Å²) in [5, 5.41) is 0. The molecule has 102 valence electrons. The molecule has 1 heterocycles. The third-order valence-corrected chi connectivity index (χ3v) is 3.70. The minimum atomic E-state index is 0.108. The van der Waals surface area contributed by atoms with Crippen molar-refractivity contribution in [3.05, 3.63) is 30.1 Å². The molecule has 0 aliphatic rings. The molecule has 3 heteroatoms. The van der Waals surface area contributed by atoms with E-state index in [2.05, 4.69) is 18.8 Å². The van der Waals surface area contributed by atoms with Crippen LogP contribution in [0.25, 0.3) is 11.0 Å². The molecule has 1 atom stereocenters. The Kier molecular flexibility index (Phi) is 4.35. The lowest BCUT2D eigenvalue weighted by atomic mass is 9.98. The van der Waals surface area contributed by atoms with Crippen molar-refractivity contribution in [2.24, 2.45) is 5.92 Å².